The standard InChI is InChI=1S/C18H18O2/c1-13(19)17-7-2-3-8-18(17)20-12-14-9-10-15-5-4-6-16(15)11-14/h2-3,7-11H,4-6,12H2,1H3. The lowest BCUT2D eigenvalue weighted by Crippen LogP contribution is -2.02. The number of Topliss-reactive ketones (excluding diaryl/α,β-unsaturated/α-hetero) is 1. The maximum absolute atomic E-state index is 11.6. The highest BCUT2D eigenvalue weighted by atomic mass is 16.5. The van der Waals surface area contributed by atoms with E-state index >= 15 is 0 Å². The van der Waals surface area contributed by atoms with Gasteiger partial charge in [-0.15, -0.1) is 0 Å². The van der Waals surface area contributed by atoms with E-state index in [9.17, 15) is 4.79 Å². The Hall–Kier alpha value is -2.09. The Morgan fingerprint density at radius 1 is 1.10 bits per heavy atom. The van der Waals surface area contributed by atoms with Crippen molar-refractivity contribution < 1.29 is 9.53 Å². The molecule has 2 aromatic carbocycles. The van der Waals surface area contributed by atoms with Gasteiger partial charge in [-0.05, 0) is 55.0 Å². The van der Waals surface area contributed by atoms with Crippen LogP contribution >= 0.6 is 0 Å². The van der Waals surface area contributed by atoms with Crippen LogP contribution in [0.25, 0.3) is 0 Å². The van der Waals surface area contributed by atoms with Crippen LogP contribution in [0.5, 0.6) is 5.75 Å². The molecule has 0 fully saturated rings. The molecule has 0 heterocycles. The Morgan fingerprint density at radius 2 is 1.90 bits per heavy atom. The number of ketones is 1. The minimum atomic E-state index is 0.0366. The molecule has 0 atom stereocenters. The second-order valence-electron chi connectivity index (χ2n) is 5.30. The summed E-state index contributed by atoms with van der Waals surface area (Å²) in [4.78, 5) is 11.6. The number of rotatable bonds is 4. The zero-order valence-electron chi connectivity index (χ0n) is 11.7. The average molecular weight is 266 g/mol. The Morgan fingerprint density at radius 3 is 2.75 bits per heavy atom. The molecule has 0 saturated heterocycles. The van der Waals surface area contributed by atoms with E-state index < -0.39 is 0 Å². The van der Waals surface area contributed by atoms with Gasteiger partial charge in [0.15, 0.2) is 5.78 Å². The van der Waals surface area contributed by atoms with Crippen molar-refractivity contribution in [2.75, 3.05) is 0 Å². The third-order valence-corrected chi connectivity index (χ3v) is 3.82. The lowest BCUT2D eigenvalue weighted by atomic mass is 10.1. The highest BCUT2D eigenvalue weighted by Gasteiger charge is 2.12. The number of aryl methyl sites for hydroxylation is 2. The van der Waals surface area contributed by atoms with E-state index in [4.69, 9.17) is 4.74 Å². The van der Waals surface area contributed by atoms with Crippen molar-refractivity contribution in [3.63, 3.8) is 0 Å². The van der Waals surface area contributed by atoms with Crippen LogP contribution in [0.1, 0.15) is 40.4 Å². The fourth-order valence-electron chi connectivity index (χ4n) is 2.76. The van der Waals surface area contributed by atoms with Crippen LogP contribution in [0.4, 0.5) is 0 Å². The minimum Gasteiger partial charge on any atom is -0.488 e. The molecular weight excluding hydrogens is 248 g/mol. The second kappa shape index (κ2) is 5.49. The molecule has 0 aromatic heterocycles. The summed E-state index contributed by atoms with van der Waals surface area (Å²) >= 11 is 0. The summed E-state index contributed by atoms with van der Waals surface area (Å²) in [6, 6.07) is 14.0. The molecule has 1 aliphatic rings. The fraction of sp³-hybridized carbons (Fsp3) is 0.278. The number of fused-ring (bicyclic) bond motifs is 1. The van der Waals surface area contributed by atoms with Crippen LogP contribution in [0, 0.1) is 0 Å². The molecule has 0 radical (unpaired) electrons. The van der Waals surface area contributed by atoms with E-state index in [2.05, 4.69) is 18.2 Å². The Bertz CT molecular complexity index is 644. The van der Waals surface area contributed by atoms with Gasteiger partial charge in [-0.2, -0.15) is 0 Å². The fourth-order valence-corrected chi connectivity index (χ4v) is 2.76. The van der Waals surface area contributed by atoms with Gasteiger partial charge >= 0.3 is 0 Å². The summed E-state index contributed by atoms with van der Waals surface area (Å²) in [6.07, 6.45) is 3.63. The molecule has 2 heteroatoms. The third kappa shape index (κ3) is 2.60. The smallest absolute Gasteiger partial charge is 0.163 e. The first-order valence-corrected chi connectivity index (χ1v) is 7.07. The van der Waals surface area contributed by atoms with Gasteiger partial charge in [0.25, 0.3) is 0 Å². The molecule has 2 nitrogen and oxygen atoms in total. The van der Waals surface area contributed by atoms with Gasteiger partial charge in [-0.3, -0.25) is 4.79 Å². The maximum atomic E-state index is 11.6. The molecule has 0 saturated carbocycles. The van der Waals surface area contributed by atoms with Gasteiger partial charge in [0.1, 0.15) is 12.4 Å². The predicted molar refractivity (Wildman–Crippen MR) is 79.2 cm³/mol. The van der Waals surface area contributed by atoms with Crippen molar-refractivity contribution in [3.05, 3.63) is 64.7 Å². The largest absolute Gasteiger partial charge is 0.488 e. The number of hydrogen-bond acceptors (Lipinski definition) is 2. The second-order valence-corrected chi connectivity index (χ2v) is 5.30. The maximum Gasteiger partial charge on any atom is 0.163 e. The molecule has 102 valence electrons. The molecule has 1 aliphatic carbocycles. The SMILES string of the molecule is CC(=O)c1ccccc1OCc1ccc2c(c1)CCC2. The third-order valence-electron chi connectivity index (χ3n) is 3.82. The van der Waals surface area contributed by atoms with Crippen LogP contribution in [0.2, 0.25) is 0 Å². The molecule has 0 N–H and O–H groups in total. The lowest BCUT2D eigenvalue weighted by molar-refractivity contribution is 0.101. The van der Waals surface area contributed by atoms with Gasteiger partial charge in [0.2, 0.25) is 0 Å². The molecule has 2 aromatic rings. The van der Waals surface area contributed by atoms with Crippen LogP contribution in [-0.2, 0) is 19.4 Å². The van der Waals surface area contributed by atoms with Crippen molar-refractivity contribution in [1.29, 1.82) is 0 Å². The van der Waals surface area contributed by atoms with Gasteiger partial charge in [0, 0.05) is 0 Å². The van der Waals surface area contributed by atoms with Crippen molar-refractivity contribution in [2.45, 2.75) is 32.8 Å². The zero-order chi connectivity index (χ0) is 13.9. The number of hydrogen-bond donors (Lipinski definition) is 0. The molecule has 0 amide bonds. The summed E-state index contributed by atoms with van der Waals surface area (Å²) in [7, 11) is 0. The molecule has 0 bridgehead atoms. The summed E-state index contributed by atoms with van der Waals surface area (Å²) in [6.45, 7) is 2.08. The van der Waals surface area contributed by atoms with E-state index in [0.717, 1.165) is 0 Å². The number of carbonyl (C=O) groups excluding carboxylic acids is 1. The van der Waals surface area contributed by atoms with Crippen LogP contribution in [0.3, 0.4) is 0 Å². The number of para-hydroxylation sites is 1. The molecule has 20 heavy (non-hydrogen) atoms. The van der Waals surface area contributed by atoms with E-state index in [-0.39, 0.29) is 5.78 Å². The summed E-state index contributed by atoms with van der Waals surface area (Å²) in [5.41, 5.74) is 4.74. The zero-order valence-corrected chi connectivity index (χ0v) is 11.7. The minimum absolute atomic E-state index is 0.0366. The van der Waals surface area contributed by atoms with E-state index in [1.807, 2.05) is 18.2 Å². The first-order chi connectivity index (χ1) is 9.74. The topological polar surface area (TPSA) is 26.3 Å². The van der Waals surface area contributed by atoms with E-state index in [1.54, 1.807) is 13.0 Å². The van der Waals surface area contributed by atoms with Gasteiger partial charge in [-0.1, -0.05) is 30.3 Å². The average Bonchev–Trinajstić information content (AvgIpc) is 2.92. The highest BCUT2D eigenvalue weighted by Crippen LogP contribution is 2.24. The first kappa shape index (κ1) is 12.9. The van der Waals surface area contributed by atoms with E-state index in [0.29, 0.717) is 17.9 Å². The molecule has 0 aliphatic heterocycles. The number of carbonyl (C=O) groups is 1. The predicted octanol–water partition coefficient (Wildman–Crippen LogP) is 3.96. The van der Waals surface area contributed by atoms with Crippen molar-refractivity contribution in [1.82, 2.24) is 0 Å². The van der Waals surface area contributed by atoms with Crippen molar-refractivity contribution in [3.8, 4) is 5.75 Å². The quantitative estimate of drug-likeness (QED) is 0.783. The molecule has 0 unspecified atom stereocenters. The summed E-state index contributed by atoms with van der Waals surface area (Å²) < 4.78 is 5.82. The van der Waals surface area contributed by atoms with Crippen LogP contribution in [0.15, 0.2) is 42.5 Å². The van der Waals surface area contributed by atoms with Gasteiger partial charge in [0.05, 0.1) is 5.56 Å². The monoisotopic (exact) mass is 266 g/mol. The summed E-state index contributed by atoms with van der Waals surface area (Å²) in [5.74, 6) is 0.704. The van der Waals surface area contributed by atoms with Gasteiger partial charge < -0.3 is 4.74 Å². The number of benzene rings is 2. The van der Waals surface area contributed by atoms with Crippen molar-refractivity contribution in [2.24, 2.45) is 0 Å². The first-order valence-electron chi connectivity index (χ1n) is 7.07. The Labute approximate surface area is 119 Å². The van der Waals surface area contributed by atoms with E-state index in [1.165, 1.54) is 36.0 Å². The van der Waals surface area contributed by atoms with Gasteiger partial charge in [-0.25, -0.2) is 0 Å². The summed E-state index contributed by atoms with van der Waals surface area (Å²) in [5, 5.41) is 0. The van der Waals surface area contributed by atoms with Crippen LogP contribution < -0.4 is 4.74 Å². The van der Waals surface area contributed by atoms with Crippen LogP contribution in [-0.4, -0.2) is 5.78 Å². The Balaban J connectivity index is 1.75. The highest BCUT2D eigenvalue weighted by molar-refractivity contribution is 5.96. The Kier molecular flexibility index (Phi) is 3.55. The molecule has 3 rings (SSSR count). The van der Waals surface area contributed by atoms with Crippen molar-refractivity contribution >= 4 is 5.78 Å². The molecule has 0 spiro atoms. The normalized spacial score (nSPS) is 13.1. The lowest BCUT2D eigenvalue weighted by Gasteiger charge is -2.10. The number of ether oxygens (including phenoxy) is 1. The molecular formula is C18H18O2.